The van der Waals surface area contributed by atoms with Crippen LogP contribution in [-0.4, -0.2) is 10.8 Å². The molecule has 0 radical (unpaired) electrons. The standard InChI is InChI=1S/C14H15N3S/c1-9-3-5-12(10(2)7-9)18-13-6-4-11(8-17-13)14(15)16/h3-8H,1-2H3,(H3,15,16). The van der Waals surface area contributed by atoms with Crippen molar-refractivity contribution in [1.29, 1.82) is 5.41 Å². The summed E-state index contributed by atoms with van der Waals surface area (Å²) < 4.78 is 0. The van der Waals surface area contributed by atoms with E-state index in [1.54, 1.807) is 18.0 Å². The number of nitrogen functional groups attached to an aromatic ring is 1. The first-order chi connectivity index (χ1) is 8.56. The Morgan fingerprint density at radius 1 is 1.22 bits per heavy atom. The lowest BCUT2D eigenvalue weighted by Crippen LogP contribution is -2.10. The highest BCUT2D eigenvalue weighted by atomic mass is 32.2. The Kier molecular flexibility index (Phi) is 3.67. The fraction of sp³-hybridized carbons (Fsp3) is 0.143. The zero-order chi connectivity index (χ0) is 13.1. The van der Waals surface area contributed by atoms with Crippen LogP contribution in [0.15, 0.2) is 46.5 Å². The number of hydrogen-bond donors (Lipinski definition) is 2. The second-order valence-corrected chi connectivity index (χ2v) is 5.23. The number of rotatable bonds is 3. The Bertz CT molecular complexity index is 576. The van der Waals surface area contributed by atoms with E-state index in [2.05, 4.69) is 37.0 Å². The maximum Gasteiger partial charge on any atom is 0.124 e. The van der Waals surface area contributed by atoms with E-state index < -0.39 is 0 Å². The molecule has 1 aromatic carbocycles. The molecule has 92 valence electrons. The summed E-state index contributed by atoms with van der Waals surface area (Å²) in [5, 5.41) is 8.22. The van der Waals surface area contributed by atoms with Gasteiger partial charge in [-0.25, -0.2) is 4.98 Å². The number of pyridine rings is 1. The molecule has 0 aliphatic heterocycles. The van der Waals surface area contributed by atoms with Crippen LogP contribution in [0.1, 0.15) is 16.7 Å². The number of aromatic nitrogens is 1. The number of nitrogens with zero attached hydrogens (tertiary/aromatic N) is 1. The quantitative estimate of drug-likeness (QED) is 0.656. The van der Waals surface area contributed by atoms with E-state index in [9.17, 15) is 0 Å². The Balaban J connectivity index is 2.21. The molecule has 0 atom stereocenters. The third-order valence-corrected chi connectivity index (χ3v) is 3.72. The van der Waals surface area contributed by atoms with Gasteiger partial charge in [-0.2, -0.15) is 0 Å². The predicted octanol–water partition coefficient (Wildman–Crippen LogP) is 3.13. The third kappa shape index (κ3) is 2.90. The van der Waals surface area contributed by atoms with Gasteiger partial charge in [0.15, 0.2) is 0 Å². The highest BCUT2D eigenvalue weighted by Crippen LogP contribution is 2.29. The minimum absolute atomic E-state index is 0.0468. The van der Waals surface area contributed by atoms with Gasteiger partial charge in [-0.05, 0) is 37.6 Å². The third-order valence-electron chi connectivity index (χ3n) is 2.59. The zero-order valence-corrected chi connectivity index (χ0v) is 11.2. The van der Waals surface area contributed by atoms with Crippen molar-refractivity contribution in [1.82, 2.24) is 4.98 Å². The van der Waals surface area contributed by atoms with Crippen molar-refractivity contribution in [3.63, 3.8) is 0 Å². The molecule has 0 saturated carbocycles. The van der Waals surface area contributed by atoms with E-state index in [0.717, 1.165) is 5.03 Å². The molecule has 0 aliphatic rings. The van der Waals surface area contributed by atoms with Crippen molar-refractivity contribution in [2.24, 2.45) is 5.73 Å². The van der Waals surface area contributed by atoms with Gasteiger partial charge in [-0.15, -0.1) is 0 Å². The number of benzene rings is 1. The Hall–Kier alpha value is -1.81. The van der Waals surface area contributed by atoms with Gasteiger partial charge in [0.1, 0.15) is 10.9 Å². The lowest BCUT2D eigenvalue weighted by molar-refractivity contribution is 1.12. The average Bonchev–Trinajstić information content (AvgIpc) is 2.33. The summed E-state index contributed by atoms with van der Waals surface area (Å²) in [7, 11) is 0. The van der Waals surface area contributed by atoms with Crippen LogP contribution < -0.4 is 5.73 Å². The van der Waals surface area contributed by atoms with Crippen LogP contribution in [-0.2, 0) is 0 Å². The van der Waals surface area contributed by atoms with Crippen molar-refractivity contribution in [2.45, 2.75) is 23.8 Å². The summed E-state index contributed by atoms with van der Waals surface area (Å²) in [6.45, 7) is 4.18. The molecule has 2 aromatic rings. The molecule has 3 N–H and O–H groups in total. The van der Waals surface area contributed by atoms with Gasteiger partial charge in [0.25, 0.3) is 0 Å². The van der Waals surface area contributed by atoms with Crippen LogP contribution in [0.25, 0.3) is 0 Å². The maximum absolute atomic E-state index is 7.32. The van der Waals surface area contributed by atoms with Crippen molar-refractivity contribution in [2.75, 3.05) is 0 Å². The Labute approximate surface area is 111 Å². The maximum atomic E-state index is 7.32. The summed E-state index contributed by atoms with van der Waals surface area (Å²) in [6, 6.07) is 10.1. The van der Waals surface area contributed by atoms with Gasteiger partial charge in [0.2, 0.25) is 0 Å². The average molecular weight is 257 g/mol. The van der Waals surface area contributed by atoms with Gasteiger partial charge >= 0.3 is 0 Å². The van der Waals surface area contributed by atoms with E-state index >= 15 is 0 Å². The van der Waals surface area contributed by atoms with Gasteiger partial charge in [-0.1, -0.05) is 29.5 Å². The lowest BCUT2D eigenvalue weighted by atomic mass is 10.2. The Morgan fingerprint density at radius 3 is 2.56 bits per heavy atom. The summed E-state index contributed by atoms with van der Waals surface area (Å²) in [5.41, 5.74) is 8.55. The molecule has 0 bridgehead atoms. The van der Waals surface area contributed by atoms with Crippen LogP contribution in [0.3, 0.4) is 0 Å². The molecule has 4 heteroatoms. The van der Waals surface area contributed by atoms with Gasteiger partial charge in [-0.3, -0.25) is 5.41 Å². The van der Waals surface area contributed by atoms with E-state index in [-0.39, 0.29) is 5.84 Å². The summed E-state index contributed by atoms with van der Waals surface area (Å²) >= 11 is 1.62. The molecule has 2 rings (SSSR count). The molecule has 18 heavy (non-hydrogen) atoms. The molecule has 3 nitrogen and oxygen atoms in total. The monoisotopic (exact) mass is 257 g/mol. The number of aryl methyl sites for hydroxylation is 2. The highest BCUT2D eigenvalue weighted by Gasteiger charge is 2.03. The molecule has 1 aromatic heterocycles. The van der Waals surface area contributed by atoms with Crippen LogP contribution in [0.5, 0.6) is 0 Å². The zero-order valence-electron chi connectivity index (χ0n) is 10.4. The normalized spacial score (nSPS) is 10.3. The minimum Gasteiger partial charge on any atom is -0.384 e. The Morgan fingerprint density at radius 2 is 2.00 bits per heavy atom. The van der Waals surface area contributed by atoms with E-state index in [4.69, 9.17) is 11.1 Å². The molecule has 0 aliphatic carbocycles. The molecule has 0 unspecified atom stereocenters. The van der Waals surface area contributed by atoms with Crippen molar-refractivity contribution in [3.8, 4) is 0 Å². The number of nitrogens with two attached hydrogens (primary N) is 1. The summed E-state index contributed by atoms with van der Waals surface area (Å²) in [6.07, 6.45) is 1.63. The van der Waals surface area contributed by atoms with Gasteiger partial charge in [0, 0.05) is 16.7 Å². The lowest BCUT2D eigenvalue weighted by Gasteiger charge is -2.06. The van der Waals surface area contributed by atoms with Crippen LogP contribution in [0, 0.1) is 19.3 Å². The second-order valence-electron chi connectivity index (χ2n) is 4.17. The second kappa shape index (κ2) is 5.23. The van der Waals surface area contributed by atoms with E-state index in [1.165, 1.54) is 16.0 Å². The van der Waals surface area contributed by atoms with Crippen molar-refractivity contribution < 1.29 is 0 Å². The van der Waals surface area contributed by atoms with Gasteiger partial charge in [0.05, 0.1) is 0 Å². The summed E-state index contributed by atoms with van der Waals surface area (Å²) in [5.74, 6) is 0.0468. The van der Waals surface area contributed by atoms with Crippen molar-refractivity contribution in [3.05, 3.63) is 53.2 Å². The summed E-state index contributed by atoms with van der Waals surface area (Å²) in [4.78, 5) is 5.50. The molecule has 0 amide bonds. The minimum atomic E-state index is 0.0468. The molecule has 1 heterocycles. The topological polar surface area (TPSA) is 62.8 Å². The molecule has 0 spiro atoms. The van der Waals surface area contributed by atoms with Gasteiger partial charge < -0.3 is 5.73 Å². The fourth-order valence-electron chi connectivity index (χ4n) is 1.63. The smallest absolute Gasteiger partial charge is 0.124 e. The number of hydrogen-bond acceptors (Lipinski definition) is 3. The molecular weight excluding hydrogens is 242 g/mol. The fourth-order valence-corrected chi connectivity index (χ4v) is 2.45. The first kappa shape index (κ1) is 12.6. The van der Waals surface area contributed by atoms with E-state index in [0.29, 0.717) is 5.56 Å². The van der Waals surface area contributed by atoms with Crippen LogP contribution in [0.4, 0.5) is 0 Å². The molecular formula is C14H15N3S. The number of nitrogens with one attached hydrogen (secondary N) is 1. The largest absolute Gasteiger partial charge is 0.384 e. The van der Waals surface area contributed by atoms with E-state index in [1.807, 2.05) is 12.1 Å². The van der Waals surface area contributed by atoms with Crippen molar-refractivity contribution >= 4 is 17.6 Å². The first-order valence-corrected chi connectivity index (χ1v) is 6.43. The first-order valence-electron chi connectivity index (χ1n) is 5.62. The number of amidine groups is 1. The van der Waals surface area contributed by atoms with Crippen LogP contribution in [0.2, 0.25) is 0 Å². The SMILES string of the molecule is Cc1ccc(Sc2ccc(C(=N)N)cn2)c(C)c1. The van der Waals surface area contributed by atoms with Crippen LogP contribution >= 0.6 is 11.8 Å². The molecule has 0 saturated heterocycles. The predicted molar refractivity (Wildman–Crippen MR) is 75.3 cm³/mol. The highest BCUT2D eigenvalue weighted by molar-refractivity contribution is 7.99. The molecule has 0 fully saturated rings.